The first-order valence-corrected chi connectivity index (χ1v) is 8.78. The Hall–Kier alpha value is -0.0800. The zero-order chi connectivity index (χ0) is 15.0. The first kappa shape index (κ1) is 18.0. The van der Waals surface area contributed by atoms with Gasteiger partial charge < -0.3 is 10.1 Å². The predicted octanol–water partition coefficient (Wildman–Crippen LogP) is 4.63. The van der Waals surface area contributed by atoms with Gasteiger partial charge in [-0.1, -0.05) is 33.1 Å². The van der Waals surface area contributed by atoms with Gasteiger partial charge in [0, 0.05) is 7.11 Å². The number of methoxy groups -OCH3 is 1. The average Bonchev–Trinajstić information content (AvgIpc) is 2.44. The van der Waals surface area contributed by atoms with Gasteiger partial charge in [-0.2, -0.15) is 0 Å². The first-order valence-electron chi connectivity index (χ1n) is 8.78. The lowest BCUT2D eigenvalue weighted by Crippen LogP contribution is -2.34. The molecule has 3 atom stereocenters. The van der Waals surface area contributed by atoms with Crippen LogP contribution in [0.1, 0.15) is 72.6 Å². The standard InChI is InChI=1S/C18H37NO/c1-6-8-15-9-10-17(14-19-7-2)16(13-15)11-12-18(3,4)20-5/h15-17,19H,6-14H2,1-5H3. The highest BCUT2D eigenvalue weighted by Crippen LogP contribution is 2.39. The van der Waals surface area contributed by atoms with E-state index in [1.807, 2.05) is 7.11 Å². The van der Waals surface area contributed by atoms with Crippen molar-refractivity contribution in [2.24, 2.45) is 17.8 Å². The van der Waals surface area contributed by atoms with Crippen LogP contribution in [0.3, 0.4) is 0 Å². The summed E-state index contributed by atoms with van der Waals surface area (Å²) < 4.78 is 5.60. The topological polar surface area (TPSA) is 21.3 Å². The van der Waals surface area contributed by atoms with Crippen molar-refractivity contribution < 1.29 is 4.74 Å². The van der Waals surface area contributed by atoms with Crippen LogP contribution < -0.4 is 5.32 Å². The molecule has 20 heavy (non-hydrogen) atoms. The summed E-state index contributed by atoms with van der Waals surface area (Å²) in [5, 5.41) is 3.57. The number of hydrogen-bond acceptors (Lipinski definition) is 2. The molecule has 120 valence electrons. The third-order valence-corrected chi connectivity index (χ3v) is 5.27. The summed E-state index contributed by atoms with van der Waals surface area (Å²) >= 11 is 0. The normalized spacial score (nSPS) is 27.8. The van der Waals surface area contributed by atoms with E-state index in [0.717, 1.165) is 24.3 Å². The molecule has 0 amide bonds. The zero-order valence-electron chi connectivity index (χ0n) is 14.5. The summed E-state index contributed by atoms with van der Waals surface area (Å²) in [5.74, 6) is 2.76. The predicted molar refractivity (Wildman–Crippen MR) is 88.1 cm³/mol. The summed E-state index contributed by atoms with van der Waals surface area (Å²) in [5.41, 5.74) is 0.0421. The van der Waals surface area contributed by atoms with Crippen molar-refractivity contribution in [2.45, 2.75) is 78.2 Å². The third kappa shape index (κ3) is 6.13. The van der Waals surface area contributed by atoms with Gasteiger partial charge in [-0.15, -0.1) is 0 Å². The van der Waals surface area contributed by atoms with E-state index in [9.17, 15) is 0 Å². The van der Waals surface area contributed by atoms with E-state index in [-0.39, 0.29) is 5.60 Å². The van der Waals surface area contributed by atoms with Gasteiger partial charge in [-0.05, 0) is 70.4 Å². The SMILES string of the molecule is CCCC1CCC(CNCC)C(CCC(C)(C)OC)C1. The molecule has 3 unspecified atom stereocenters. The molecular weight excluding hydrogens is 246 g/mol. The average molecular weight is 284 g/mol. The number of nitrogens with one attached hydrogen (secondary N) is 1. The van der Waals surface area contributed by atoms with Gasteiger partial charge in [0.1, 0.15) is 0 Å². The molecule has 2 nitrogen and oxygen atoms in total. The summed E-state index contributed by atoms with van der Waals surface area (Å²) in [6.45, 7) is 11.3. The molecule has 0 heterocycles. The smallest absolute Gasteiger partial charge is 0.0622 e. The summed E-state index contributed by atoms with van der Waals surface area (Å²) in [4.78, 5) is 0. The van der Waals surface area contributed by atoms with Crippen molar-refractivity contribution in [1.82, 2.24) is 5.32 Å². The molecule has 0 saturated heterocycles. The molecule has 1 aliphatic carbocycles. The molecule has 0 radical (unpaired) electrons. The van der Waals surface area contributed by atoms with Crippen molar-refractivity contribution in [3.8, 4) is 0 Å². The minimum atomic E-state index is 0.0421. The molecule has 0 bridgehead atoms. The van der Waals surface area contributed by atoms with E-state index in [1.54, 1.807) is 0 Å². The molecule has 1 rings (SSSR count). The van der Waals surface area contributed by atoms with E-state index in [4.69, 9.17) is 4.74 Å². The minimum absolute atomic E-state index is 0.0421. The Morgan fingerprint density at radius 3 is 2.45 bits per heavy atom. The number of hydrogen-bond donors (Lipinski definition) is 1. The first-order chi connectivity index (χ1) is 9.52. The van der Waals surface area contributed by atoms with Crippen LogP contribution in [0.5, 0.6) is 0 Å². The van der Waals surface area contributed by atoms with Crippen LogP contribution in [0, 0.1) is 17.8 Å². The molecular formula is C18H37NO. The fraction of sp³-hybridized carbons (Fsp3) is 1.00. The van der Waals surface area contributed by atoms with Gasteiger partial charge in [-0.3, -0.25) is 0 Å². The molecule has 0 aliphatic heterocycles. The van der Waals surface area contributed by atoms with E-state index < -0.39 is 0 Å². The van der Waals surface area contributed by atoms with E-state index in [0.29, 0.717) is 0 Å². The molecule has 0 aromatic heterocycles. The van der Waals surface area contributed by atoms with Gasteiger partial charge in [0.15, 0.2) is 0 Å². The van der Waals surface area contributed by atoms with Crippen molar-refractivity contribution in [3.05, 3.63) is 0 Å². The molecule has 1 N–H and O–H groups in total. The second kappa shape index (κ2) is 9.04. The van der Waals surface area contributed by atoms with E-state index in [1.165, 1.54) is 51.5 Å². The molecule has 1 saturated carbocycles. The lowest BCUT2D eigenvalue weighted by molar-refractivity contribution is 0.00433. The molecule has 0 spiro atoms. The van der Waals surface area contributed by atoms with Gasteiger partial charge in [0.05, 0.1) is 5.60 Å². The Kier molecular flexibility index (Phi) is 8.13. The molecule has 0 aromatic rings. The second-order valence-electron chi connectivity index (χ2n) is 7.30. The van der Waals surface area contributed by atoms with E-state index >= 15 is 0 Å². The van der Waals surface area contributed by atoms with E-state index in [2.05, 4.69) is 33.0 Å². The Morgan fingerprint density at radius 2 is 1.85 bits per heavy atom. The number of ether oxygens (including phenoxy) is 1. The zero-order valence-corrected chi connectivity index (χ0v) is 14.5. The fourth-order valence-electron chi connectivity index (χ4n) is 3.68. The van der Waals surface area contributed by atoms with Crippen LogP contribution in [0.2, 0.25) is 0 Å². The maximum atomic E-state index is 5.60. The van der Waals surface area contributed by atoms with Crippen molar-refractivity contribution in [3.63, 3.8) is 0 Å². The van der Waals surface area contributed by atoms with Crippen molar-refractivity contribution in [1.29, 1.82) is 0 Å². The maximum Gasteiger partial charge on any atom is 0.0622 e. The van der Waals surface area contributed by atoms with Crippen LogP contribution in [-0.2, 0) is 4.74 Å². The lowest BCUT2D eigenvalue weighted by atomic mass is 9.70. The second-order valence-corrected chi connectivity index (χ2v) is 7.30. The monoisotopic (exact) mass is 283 g/mol. The minimum Gasteiger partial charge on any atom is -0.379 e. The summed E-state index contributed by atoms with van der Waals surface area (Å²) in [6.07, 6.45) is 9.62. The molecule has 0 aromatic carbocycles. The van der Waals surface area contributed by atoms with Crippen LogP contribution in [0.15, 0.2) is 0 Å². The van der Waals surface area contributed by atoms with Crippen LogP contribution in [-0.4, -0.2) is 25.8 Å². The summed E-state index contributed by atoms with van der Waals surface area (Å²) in [6, 6.07) is 0. The molecule has 1 fully saturated rings. The van der Waals surface area contributed by atoms with Crippen LogP contribution in [0.25, 0.3) is 0 Å². The summed E-state index contributed by atoms with van der Waals surface area (Å²) in [7, 11) is 1.84. The maximum absolute atomic E-state index is 5.60. The van der Waals surface area contributed by atoms with Crippen molar-refractivity contribution >= 4 is 0 Å². The van der Waals surface area contributed by atoms with Crippen molar-refractivity contribution in [2.75, 3.05) is 20.2 Å². The fourth-order valence-corrected chi connectivity index (χ4v) is 3.68. The van der Waals surface area contributed by atoms with Gasteiger partial charge in [0.2, 0.25) is 0 Å². The largest absolute Gasteiger partial charge is 0.379 e. The Labute approximate surface area is 127 Å². The lowest BCUT2D eigenvalue weighted by Gasteiger charge is -2.38. The highest BCUT2D eigenvalue weighted by molar-refractivity contribution is 4.83. The molecule has 2 heteroatoms. The Balaban J connectivity index is 2.52. The van der Waals surface area contributed by atoms with Gasteiger partial charge in [0.25, 0.3) is 0 Å². The van der Waals surface area contributed by atoms with Gasteiger partial charge >= 0.3 is 0 Å². The van der Waals surface area contributed by atoms with Crippen LogP contribution in [0.4, 0.5) is 0 Å². The Bertz CT molecular complexity index is 252. The Morgan fingerprint density at radius 1 is 1.10 bits per heavy atom. The molecule has 1 aliphatic rings. The number of rotatable bonds is 9. The highest BCUT2D eigenvalue weighted by Gasteiger charge is 2.31. The van der Waals surface area contributed by atoms with Gasteiger partial charge in [-0.25, -0.2) is 0 Å². The van der Waals surface area contributed by atoms with Crippen LogP contribution >= 0.6 is 0 Å². The highest BCUT2D eigenvalue weighted by atomic mass is 16.5. The third-order valence-electron chi connectivity index (χ3n) is 5.27. The quantitative estimate of drug-likeness (QED) is 0.666.